The van der Waals surface area contributed by atoms with Crippen LogP contribution in [-0.4, -0.2) is 6.41 Å². The van der Waals surface area contributed by atoms with Crippen LogP contribution in [0.2, 0.25) is 0 Å². The molecule has 4 heteroatoms. The summed E-state index contributed by atoms with van der Waals surface area (Å²) in [6.45, 7) is 0. The Kier molecular flexibility index (Phi) is 25.9. The fraction of sp³-hybridized carbons (Fsp3) is 0. The van der Waals surface area contributed by atoms with Gasteiger partial charge in [0.2, 0.25) is 6.41 Å². The number of hydrogen-bond acceptors (Lipinski definition) is 1. The van der Waals surface area contributed by atoms with E-state index >= 15 is 0 Å². The van der Waals surface area contributed by atoms with Crippen LogP contribution in [0.1, 0.15) is 0 Å². The van der Waals surface area contributed by atoms with Crippen molar-refractivity contribution in [3.05, 3.63) is 72.8 Å². The van der Waals surface area contributed by atoms with Gasteiger partial charge in [0, 0.05) is 39.0 Å². The largest absolute Gasteiger partial charge is 0.372 e. The second kappa shape index (κ2) is 20.6. The third-order valence-electron chi connectivity index (χ3n) is 1.21. The molecule has 0 aliphatic heterocycles. The average Bonchev–Trinajstić information content (AvgIpc) is 2.35. The minimum Gasteiger partial charge on any atom is -0.372 e. The molecule has 0 aliphatic rings. The molecule has 0 heterocycles. The van der Waals surface area contributed by atoms with E-state index in [1.54, 1.807) is 0 Å². The molecule has 0 aromatic heterocycles. The van der Waals surface area contributed by atoms with Gasteiger partial charge in [-0.2, -0.15) is 72.8 Å². The van der Waals surface area contributed by atoms with E-state index in [1.807, 2.05) is 60.7 Å². The van der Waals surface area contributed by atoms with Gasteiger partial charge in [0.25, 0.3) is 0 Å². The predicted molar refractivity (Wildman–Crippen MR) is 60.8 cm³/mol. The number of primary amides is 1. The molecular formula is C13H13NOZn2-2. The van der Waals surface area contributed by atoms with Gasteiger partial charge in [-0.25, -0.2) is 0 Å². The summed E-state index contributed by atoms with van der Waals surface area (Å²) in [5.41, 5.74) is 4.17. The van der Waals surface area contributed by atoms with Crippen molar-refractivity contribution in [2.24, 2.45) is 5.73 Å². The molecule has 17 heavy (non-hydrogen) atoms. The standard InChI is InChI=1S/2C6H5.CH3NO.2Zn/c2*1-2-4-6-5-3-1;2-1-3;;/h2*1-5H;1H,(H2,2,3);;/q2*-1;;;. The maximum Gasteiger partial charge on any atom is 0.204 e. The van der Waals surface area contributed by atoms with Crippen molar-refractivity contribution in [3.8, 4) is 0 Å². The molecule has 2 aromatic carbocycles. The molecule has 2 rings (SSSR count). The first-order valence-corrected chi connectivity index (χ1v) is 4.39. The Balaban J connectivity index is -0.000000173. The van der Waals surface area contributed by atoms with Gasteiger partial charge in [0.05, 0.1) is 0 Å². The number of benzene rings is 2. The number of carbonyl (C=O) groups is 1. The maximum atomic E-state index is 8.58. The summed E-state index contributed by atoms with van der Waals surface area (Å²) in [6, 6.07) is 25.0. The van der Waals surface area contributed by atoms with Crippen molar-refractivity contribution in [1.82, 2.24) is 0 Å². The van der Waals surface area contributed by atoms with E-state index in [1.165, 1.54) is 0 Å². The molecule has 82 valence electrons. The first-order chi connectivity index (χ1) is 7.41. The molecule has 0 saturated heterocycles. The summed E-state index contributed by atoms with van der Waals surface area (Å²) in [4.78, 5) is 8.58. The molecule has 0 fully saturated rings. The van der Waals surface area contributed by atoms with Crippen LogP contribution >= 0.6 is 0 Å². The minimum atomic E-state index is 0. The van der Waals surface area contributed by atoms with Crippen LogP contribution in [0.15, 0.2) is 60.7 Å². The number of amides is 1. The molecule has 0 saturated carbocycles. The van der Waals surface area contributed by atoms with E-state index in [2.05, 4.69) is 17.9 Å². The molecule has 0 aliphatic carbocycles. The second-order valence-electron chi connectivity index (χ2n) is 2.29. The van der Waals surface area contributed by atoms with Crippen molar-refractivity contribution in [2.45, 2.75) is 0 Å². The number of rotatable bonds is 0. The molecule has 0 radical (unpaired) electrons. The van der Waals surface area contributed by atoms with E-state index in [0.29, 0.717) is 0 Å². The minimum absolute atomic E-state index is 0. The molecule has 0 unspecified atom stereocenters. The summed E-state index contributed by atoms with van der Waals surface area (Å²) < 4.78 is 0. The Morgan fingerprint density at radius 3 is 1.00 bits per heavy atom. The van der Waals surface area contributed by atoms with Gasteiger partial charge in [-0.05, 0) is 0 Å². The Morgan fingerprint density at radius 1 is 0.706 bits per heavy atom. The molecule has 2 N–H and O–H groups in total. The second-order valence-corrected chi connectivity index (χ2v) is 2.29. The Bertz CT molecular complexity index is 232. The smallest absolute Gasteiger partial charge is 0.204 e. The van der Waals surface area contributed by atoms with E-state index < -0.39 is 0 Å². The van der Waals surface area contributed by atoms with Gasteiger partial charge in [-0.15, -0.1) is 0 Å². The van der Waals surface area contributed by atoms with Gasteiger partial charge < -0.3 is 5.73 Å². The van der Waals surface area contributed by atoms with Gasteiger partial charge in [0.1, 0.15) is 0 Å². The summed E-state index contributed by atoms with van der Waals surface area (Å²) in [5.74, 6) is 0. The Labute approximate surface area is 128 Å². The zero-order chi connectivity index (χ0) is 11.2. The van der Waals surface area contributed by atoms with E-state index in [9.17, 15) is 0 Å². The van der Waals surface area contributed by atoms with Crippen molar-refractivity contribution in [3.63, 3.8) is 0 Å². The van der Waals surface area contributed by atoms with Crippen LogP contribution in [0.3, 0.4) is 0 Å². The third kappa shape index (κ3) is 21.1. The van der Waals surface area contributed by atoms with Gasteiger partial charge in [-0.1, -0.05) is 0 Å². The summed E-state index contributed by atoms with van der Waals surface area (Å²) >= 11 is 0. The van der Waals surface area contributed by atoms with Gasteiger partial charge >= 0.3 is 0 Å². The molecule has 0 spiro atoms. The molecule has 0 atom stereocenters. The zero-order valence-electron chi connectivity index (χ0n) is 9.75. The predicted octanol–water partition coefficient (Wildman–Crippen LogP) is 2.07. The van der Waals surface area contributed by atoms with Crippen molar-refractivity contribution in [2.75, 3.05) is 0 Å². The molecular weight excluding hydrogens is 317 g/mol. The average molecular weight is 330 g/mol. The van der Waals surface area contributed by atoms with Crippen LogP contribution in [-0.2, 0) is 43.8 Å². The maximum absolute atomic E-state index is 8.58. The van der Waals surface area contributed by atoms with E-state index in [4.69, 9.17) is 4.79 Å². The van der Waals surface area contributed by atoms with Crippen molar-refractivity contribution in [1.29, 1.82) is 0 Å². The first kappa shape index (κ1) is 21.4. The normalized spacial score (nSPS) is 6.35. The number of hydrogen-bond donors (Lipinski definition) is 1. The van der Waals surface area contributed by atoms with E-state index in [-0.39, 0.29) is 45.4 Å². The van der Waals surface area contributed by atoms with E-state index in [0.717, 1.165) is 0 Å². The van der Waals surface area contributed by atoms with Crippen LogP contribution in [0.4, 0.5) is 0 Å². The summed E-state index contributed by atoms with van der Waals surface area (Å²) in [5, 5.41) is 0. The van der Waals surface area contributed by atoms with Crippen LogP contribution in [0.25, 0.3) is 0 Å². The fourth-order valence-corrected chi connectivity index (χ4v) is 0.684. The summed E-state index contributed by atoms with van der Waals surface area (Å²) in [7, 11) is 0. The molecule has 1 amide bonds. The monoisotopic (exact) mass is 327 g/mol. The molecule has 2 aromatic rings. The third-order valence-corrected chi connectivity index (χ3v) is 1.21. The Morgan fingerprint density at radius 2 is 0.941 bits per heavy atom. The Hall–Kier alpha value is -0.843. The summed E-state index contributed by atoms with van der Waals surface area (Å²) in [6.07, 6.45) is 0.250. The van der Waals surface area contributed by atoms with Crippen LogP contribution < -0.4 is 5.73 Å². The van der Waals surface area contributed by atoms with Crippen LogP contribution in [0.5, 0.6) is 0 Å². The van der Waals surface area contributed by atoms with Crippen molar-refractivity contribution >= 4 is 6.41 Å². The van der Waals surface area contributed by atoms with Gasteiger partial charge in [-0.3, -0.25) is 4.79 Å². The number of carbonyl (C=O) groups excluding carboxylic acids is 1. The van der Waals surface area contributed by atoms with Crippen molar-refractivity contribution < 1.29 is 43.8 Å². The van der Waals surface area contributed by atoms with Gasteiger partial charge in [0.15, 0.2) is 0 Å². The molecule has 2 nitrogen and oxygen atoms in total. The zero-order valence-corrected chi connectivity index (χ0v) is 15.7. The fourth-order valence-electron chi connectivity index (χ4n) is 0.684. The SMILES string of the molecule is NC=O.[Zn].[Zn].[c-]1ccccc1.[c-]1ccccc1. The quantitative estimate of drug-likeness (QED) is 0.449. The topological polar surface area (TPSA) is 43.1 Å². The first-order valence-electron chi connectivity index (χ1n) is 4.39. The van der Waals surface area contributed by atoms with Crippen LogP contribution in [0, 0.1) is 12.1 Å². The number of nitrogens with two attached hydrogens (primary N) is 1. The molecule has 0 bridgehead atoms.